The highest BCUT2D eigenvalue weighted by Crippen LogP contribution is 2.22. The highest BCUT2D eigenvalue weighted by atomic mass is 35.5. The maximum Gasteiger partial charge on any atom is 0.214 e. The minimum absolute atomic E-state index is 0.239. The summed E-state index contributed by atoms with van der Waals surface area (Å²) in [5.74, 6) is 0.927. The fourth-order valence-corrected chi connectivity index (χ4v) is 4.15. The maximum atomic E-state index is 12.0. The van der Waals surface area contributed by atoms with Crippen LogP contribution in [0, 0.1) is 0 Å². The van der Waals surface area contributed by atoms with Crippen LogP contribution in [0.4, 0.5) is 0 Å². The van der Waals surface area contributed by atoms with Crippen LogP contribution in [0.2, 0.25) is 5.02 Å². The Bertz CT molecular complexity index is 572. The van der Waals surface area contributed by atoms with Gasteiger partial charge in [0.1, 0.15) is 12.4 Å². The Labute approximate surface area is 137 Å². The lowest BCUT2D eigenvalue weighted by Gasteiger charge is -2.33. The van der Waals surface area contributed by atoms with Crippen molar-refractivity contribution in [2.45, 2.75) is 13.3 Å². The SMILES string of the molecule is CCCS(=O)(=O)N1CCN(CCOc2ccccc2Cl)CC1. The predicted octanol–water partition coefficient (Wildman–Crippen LogP) is 2.08. The molecule has 0 aliphatic carbocycles. The van der Waals surface area contributed by atoms with Crippen molar-refractivity contribution < 1.29 is 13.2 Å². The molecular formula is C15H23ClN2O3S. The van der Waals surface area contributed by atoms with Gasteiger partial charge in [-0.25, -0.2) is 8.42 Å². The number of sulfonamides is 1. The second-order valence-electron chi connectivity index (χ2n) is 5.34. The Kier molecular flexibility index (Phi) is 6.50. The van der Waals surface area contributed by atoms with Gasteiger partial charge in [-0.2, -0.15) is 4.31 Å². The molecule has 0 unspecified atom stereocenters. The van der Waals surface area contributed by atoms with E-state index < -0.39 is 10.0 Å². The van der Waals surface area contributed by atoms with Gasteiger partial charge in [0.15, 0.2) is 0 Å². The molecule has 22 heavy (non-hydrogen) atoms. The Morgan fingerprint density at radius 2 is 1.86 bits per heavy atom. The van der Waals surface area contributed by atoms with Crippen LogP contribution in [-0.4, -0.2) is 62.7 Å². The van der Waals surface area contributed by atoms with Crippen molar-refractivity contribution in [2.24, 2.45) is 0 Å². The average molecular weight is 347 g/mol. The van der Waals surface area contributed by atoms with Gasteiger partial charge in [-0.3, -0.25) is 4.90 Å². The van der Waals surface area contributed by atoms with Crippen molar-refractivity contribution in [3.63, 3.8) is 0 Å². The van der Waals surface area contributed by atoms with Crippen LogP contribution < -0.4 is 4.74 Å². The molecule has 1 aliphatic heterocycles. The molecule has 1 aromatic rings. The molecule has 0 aromatic heterocycles. The summed E-state index contributed by atoms with van der Waals surface area (Å²) >= 11 is 6.03. The molecule has 1 fully saturated rings. The predicted molar refractivity (Wildman–Crippen MR) is 89.0 cm³/mol. The van der Waals surface area contributed by atoms with E-state index in [0.717, 1.165) is 19.6 Å². The fraction of sp³-hybridized carbons (Fsp3) is 0.600. The van der Waals surface area contributed by atoms with E-state index in [-0.39, 0.29) is 5.75 Å². The summed E-state index contributed by atoms with van der Waals surface area (Å²) in [5.41, 5.74) is 0. The summed E-state index contributed by atoms with van der Waals surface area (Å²) in [4.78, 5) is 2.22. The second-order valence-corrected chi connectivity index (χ2v) is 7.83. The normalized spacial score (nSPS) is 17.5. The van der Waals surface area contributed by atoms with Crippen LogP contribution in [0.15, 0.2) is 24.3 Å². The summed E-state index contributed by atoms with van der Waals surface area (Å²) in [6, 6.07) is 7.40. The molecule has 124 valence electrons. The number of para-hydroxylation sites is 1. The van der Waals surface area contributed by atoms with E-state index in [1.54, 1.807) is 10.4 Å². The Morgan fingerprint density at radius 1 is 1.18 bits per heavy atom. The topological polar surface area (TPSA) is 49.9 Å². The van der Waals surface area contributed by atoms with Gasteiger partial charge in [-0.15, -0.1) is 0 Å². The molecule has 2 rings (SSSR count). The third kappa shape index (κ3) is 4.84. The standard InChI is InChI=1S/C15H23ClN2O3S/c1-2-13-22(19,20)18-9-7-17(8-10-18)11-12-21-15-6-4-3-5-14(15)16/h3-6H,2,7-13H2,1H3. The molecule has 5 nitrogen and oxygen atoms in total. The molecule has 0 atom stereocenters. The Balaban J connectivity index is 1.73. The van der Waals surface area contributed by atoms with Gasteiger partial charge in [-0.05, 0) is 18.6 Å². The maximum absolute atomic E-state index is 12.0. The highest BCUT2D eigenvalue weighted by molar-refractivity contribution is 7.89. The van der Waals surface area contributed by atoms with Crippen LogP contribution in [0.3, 0.4) is 0 Å². The number of nitrogens with zero attached hydrogens (tertiary/aromatic N) is 2. The van der Waals surface area contributed by atoms with E-state index >= 15 is 0 Å². The first-order valence-electron chi connectivity index (χ1n) is 7.60. The molecular weight excluding hydrogens is 324 g/mol. The molecule has 0 bridgehead atoms. The number of piperazine rings is 1. The molecule has 0 saturated carbocycles. The van der Waals surface area contributed by atoms with Gasteiger partial charge in [0.2, 0.25) is 10.0 Å². The zero-order valence-corrected chi connectivity index (χ0v) is 14.4. The third-order valence-electron chi connectivity index (χ3n) is 3.69. The van der Waals surface area contributed by atoms with Crippen molar-refractivity contribution in [1.29, 1.82) is 0 Å². The van der Waals surface area contributed by atoms with E-state index in [2.05, 4.69) is 4.90 Å². The molecule has 0 amide bonds. The lowest BCUT2D eigenvalue weighted by atomic mass is 10.3. The van der Waals surface area contributed by atoms with Crippen LogP contribution in [0.1, 0.15) is 13.3 Å². The van der Waals surface area contributed by atoms with Crippen LogP contribution >= 0.6 is 11.6 Å². The monoisotopic (exact) mass is 346 g/mol. The van der Waals surface area contributed by atoms with Crippen molar-refractivity contribution in [1.82, 2.24) is 9.21 Å². The fourth-order valence-electron chi connectivity index (χ4n) is 2.46. The zero-order chi connectivity index (χ0) is 16.0. The molecule has 1 aromatic carbocycles. The number of benzene rings is 1. The van der Waals surface area contributed by atoms with Gasteiger partial charge in [0.25, 0.3) is 0 Å². The first-order chi connectivity index (χ1) is 10.5. The minimum atomic E-state index is -3.07. The van der Waals surface area contributed by atoms with E-state index in [4.69, 9.17) is 16.3 Å². The lowest BCUT2D eigenvalue weighted by molar-refractivity contribution is 0.159. The first-order valence-corrected chi connectivity index (χ1v) is 9.59. The first kappa shape index (κ1) is 17.5. The number of halogens is 1. The Hall–Kier alpha value is -0.820. The van der Waals surface area contributed by atoms with Gasteiger partial charge in [0, 0.05) is 32.7 Å². The summed E-state index contributed by atoms with van der Waals surface area (Å²) in [5, 5.41) is 0.609. The minimum Gasteiger partial charge on any atom is -0.491 e. The van der Waals surface area contributed by atoms with Crippen LogP contribution in [-0.2, 0) is 10.0 Å². The van der Waals surface area contributed by atoms with Crippen molar-refractivity contribution >= 4 is 21.6 Å². The molecule has 0 spiro atoms. The van der Waals surface area contributed by atoms with E-state index in [0.29, 0.717) is 36.9 Å². The lowest BCUT2D eigenvalue weighted by Crippen LogP contribution is -2.50. The largest absolute Gasteiger partial charge is 0.491 e. The summed E-state index contributed by atoms with van der Waals surface area (Å²) in [6.07, 6.45) is 0.661. The molecule has 1 aliphatic rings. The van der Waals surface area contributed by atoms with Crippen LogP contribution in [0.5, 0.6) is 5.75 Å². The van der Waals surface area contributed by atoms with Gasteiger partial charge >= 0.3 is 0 Å². The molecule has 7 heteroatoms. The van der Waals surface area contributed by atoms with Crippen molar-refractivity contribution in [2.75, 3.05) is 45.1 Å². The van der Waals surface area contributed by atoms with E-state index in [1.165, 1.54) is 0 Å². The van der Waals surface area contributed by atoms with Gasteiger partial charge in [-0.1, -0.05) is 30.7 Å². The third-order valence-corrected chi connectivity index (χ3v) is 6.08. The number of hydrogen-bond donors (Lipinski definition) is 0. The second kappa shape index (κ2) is 8.15. The van der Waals surface area contributed by atoms with Gasteiger partial charge in [0.05, 0.1) is 10.8 Å². The smallest absolute Gasteiger partial charge is 0.214 e. The van der Waals surface area contributed by atoms with E-state index in [9.17, 15) is 8.42 Å². The molecule has 0 radical (unpaired) electrons. The van der Waals surface area contributed by atoms with Gasteiger partial charge < -0.3 is 4.74 Å². The molecule has 1 heterocycles. The molecule has 1 saturated heterocycles. The Morgan fingerprint density at radius 3 is 2.50 bits per heavy atom. The van der Waals surface area contributed by atoms with Crippen molar-refractivity contribution in [3.8, 4) is 5.75 Å². The number of rotatable bonds is 7. The van der Waals surface area contributed by atoms with Crippen LogP contribution in [0.25, 0.3) is 0 Å². The summed E-state index contributed by atoms with van der Waals surface area (Å²) < 4.78 is 31.3. The van der Waals surface area contributed by atoms with E-state index in [1.807, 2.05) is 25.1 Å². The quantitative estimate of drug-likeness (QED) is 0.758. The summed E-state index contributed by atoms with van der Waals surface area (Å²) in [7, 11) is -3.07. The summed E-state index contributed by atoms with van der Waals surface area (Å²) in [6.45, 7) is 5.82. The molecule has 0 N–H and O–H groups in total. The van der Waals surface area contributed by atoms with Crippen molar-refractivity contribution in [3.05, 3.63) is 29.3 Å². The highest BCUT2D eigenvalue weighted by Gasteiger charge is 2.25. The number of hydrogen-bond acceptors (Lipinski definition) is 4. The average Bonchev–Trinajstić information content (AvgIpc) is 2.50. The zero-order valence-electron chi connectivity index (χ0n) is 12.9. The number of ether oxygens (including phenoxy) is 1.